The van der Waals surface area contributed by atoms with Crippen LogP contribution in [-0.2, 0) is 0 Å². The van der Waals surface area contributed by atoms with Crippen LogP contribution in [0.5, 0.6) is 17.2 Å². The zero-order chi connectivity index (χ0) is 44.4. The first kappa shape index (κ1) is 42.1. The van der Waals surface area contributed by atoms with E-state index in [0.717, 1.165) is 79.9 Å². The summed E-state index contributed by atoms with van der Waals surface area (Å²) in [5.74, 6) is -0.158. The van der Waals surface area contributed by atoms with Crippen LogP contribution in [0.1, 0.15) is 102 Å². The van der Waals surface area contributed by atoms with E-state index in [0.29, 0.717) is 46.9 Å². The monoisotopic (exact) mass is 884 g/mol. The highest BCUT2D eigenvalue weighted by Crippen LogP contribution is 2.49. The van der Waals surface area contributed by atoms with Crippen molar-refractivity contribution in [1.29, 1.82) is 0 Å². The minimum atomic E-state index is -1.03. The maximum absolute atomic E-state index is 15.3. The number of halogens is 3. The minimum absolute atomic E-state index is 0.00744. The molecule has 0 unspecified atom stereocenters. The van der Waals surface area contributed by atoms with Crippen LogP contribution in [-0.4, -0.2) is 69.8 Å². The van der Waals surface area contributed by atoms with Gasteiger partial charge >= 0.3 is 0 Å². The summed E-state index contributed by atoms with van der Waals surface area (Å²) in [5.41, 5.74) is 7.65. The highest BCUT2D eigenvalue weighted by Gasteiger charge is 2.39. The maximum Gasteiger partial charge on any atom is 0.162 e. The van der Waals surface area contributed by atoms with E-state index in [4.69, 9.17) is 14.5 Å². The molecule has 10 rings (SSSR count). The molecule has 0 aliphatic carbocycles. The number of rotatable bonds is 8. The molecule has 0 saturated carbocycles. The molecule has 1 spiro atoms. The zero-order valence-electron chi connectivity index (χ0n) is 36.7. The van der Waals surface area contributed by atoms with E-state index in [1.54, 1.807) is 24.3 Å². The molecule has 4 aliphatic heterocycles. The summed E-state index contributed by atoms with van der Waals surface area (Å²) in [7, 11) is 0. The second-order valence-electron chi connectivity index (χ2n) is 17.9. The summed E-state index contributed by atoms with van der Waals surface area (Å²) in [6.45, 7) is 15.7. The van der Waals surface area contributed by atoms with Gasteiger partial charge in [0.25, 0.3) is 0 Å². The number of hydrogen-bond acceptors (Lipinski definition) is 9. The van der Waals surface area contributed by atoms with Gasteiger partial charge in [0.15, 0.2) is 5.82 Å². The standard InChI is InChI=1S/C51H51F3N6O3S/c1-29-32(4)64-50-45(29)47(55-31(3)49-57-56-33(5)60(49)50)34-7-11-37(12-8-34)59-21-18-51(19-22-59)17-6-20-58(28-51)23-24-62-39-14-9-35(10-15-39)48-44(46-41(53)25-36(52)26-42(46)54)30(2)40-27-38(61)13-16-43(40)63-48/h7-16,25-27,31,48,61H,6,17-24,28H2,1-5H3/t31-,48-/m0/s1. The van der Waals surface area contributed by atoms with Crippen LogP contribution < -0.4 is 14.4 Å². The number of piperidine rings is 2. The average Bonchev–Trinajstić information content (AvgIpc) is 3.77. The van der Waals surface area contributed by atoms with Gasteiger partial charge in [0.1, 0.15) is 64.3 Å². The predicted molar refractivity (Wildman–Crippen MR) is 246 cm³/mol. The molecule has 4 aliphatic rings. The molecular weight excluding hydrogens is 834 g/mol. The molecule has 2 atom stereocenters. The topological polar surface area (TPSA) is 88.2 Å². The largest absolute Gasteiger partial charge is 0.508 e. The van der Waals surface area contributed by atoms with Crippen LogP contribution >= 0.6 is 11.3 Å². The number of phenols is 1. The fraction of sp³-hybridized carbons (Fsp3) is 0.353. The first-order valence-electron chi connectivity index (χ1n) is 22.1. The Hall–Kier alpha value is -5.92. The lowest BCUT2D eigenvalue weighted by molar-refractivity contribution is 0.0567. The molecule has 13 heteroatoms. The molecule has 9 nitrogen and oxygen atoms in total. The second-order valence-corrected chi connectivity index (χ2v) is 19.1. The smallest absolute Gasteiger partial charge is 0.162 e. The number of thiophene rings is 1. The lowest BCUT2D eigenvalue weighted by Crippen LogP contribution is -2.50. The van der Waals surface area contributed by atoms with Crippen molar-refractivity contribution in [2.75, 3.05) is 44.2 Å². The number of phenolic OH excluding ortho intramolecular Hbond substituents is 1. The quantitative estimate of drug-likeness (QED) is 0.163. The van der Waals surface area contributed by atoms with Crippen LogP contribution in [0.4, 0.5) is 18.9 Å². The summed E-state index contributed by atoms with van der Waals surface area (Å²) in [6, 6.07) is 22.2. The summed E-state index contributed by atoms with van der Waals surface area (Å²) in [6.07, 6.45) is 3.80. The number of benzene rings is 4. The van der Waals surface area contributed by atoms with Crippen molar-refractivity contribution >= 4 is 33.9 Å². The number of hydrogen-bond donors (Lipinski definition) is 1. The Kier molecular flexibility index (Phi) is 10.9. The van der Waals surface area contributed by atoms with Crippen molar-refractivity contribution in [2.24, 2.45) is 10.4 Å². The Labute approximate surface area is 375 Å². The Morgan fingerprint density at radius 2 is 1.59 bits per heavy atom. The SMILES string of the molecule is CC1=C(c2c(F)cc(F)cc2F)[C@H](c2ccc(OCCN3CCCC4(CCN(c5ccc(C6=N[C@@H](C)c7nnc(C)n7-c7sc(C)c(C)c76)cc5)CC4)C3)cc2)Oc2ccc(O)cc21. The van der Waals surface area contributed by atoms with Gasteiger partial charge in [-0.15, -0.1) is 21.5 Å². The number of nitrogens with zero attached hydrogens (tertiary/aromatic N) is 6. The predicted octanol–water partition coefficient (Wildman–Crippen LogP) is 11.1. The fourth-order valence-corrected chi connectivity index (χ4v) is 11.5. The molecule has 4 aromatic carbocycles. The van der Waals surface area contributed by atoms with Gasteiger partial charge < -0.3 is 19.5 Å². The van der Waals surface area contributed by atoms with Gasteiger partial charge in [0.2, 0.25) is 0 Å². The Bertz CT molecular complexity index is 2800. The lowest BCUT2D eigenvalue weighted by atomic mass is 9.72. The highest BCUT2D eigenvalue weighted by atomic mass is 32.1. The number of allylic oxidation sites excluding steroid dienone is 1. The van der Waals surface area contributed by atoms with Gasteiger partial charge in [-0.05, 0) is 131 Å². The van der Waals surface area contributed by atoms with Gasteiger partial charge in [0, 0.05) is 71.1 Å². The van der Waals surface area contributed by atoms with E-state index >= 15 is 8.78 Å². The molecule has 6 heterocycles. The molecule has 64 heavy (non-hydrogen) atoms. The molecule has 6 aromatic rings. The van der Waals surface area contributed by atoms with E-state index < -0.39 is 23.6 Å². The number of likely N-dealkylation sites (tertiary alicyclic amines) is 1. The first-order chi connectivity index (χ1) is 30.9. The Morgan fingerprint density at radius 3 is 2.33 bits per heavy atom. The van der Waals surface area contributed by atoms with E-state index in [1.807, 2.05) is 31.2 Å². The number of aryl methyl sites for hydroxylation is 2. The summed E-state index contributed by atoms with van der Waals surface area (Å²) in [4.78, 5) is 11.6. The van der Waals surface area contributed by atoms with Gasteiger partial charge in [-0.2, -0.15) is 0 Å². The molecule has 2 aromatic heterocycles. The lowest BCUT2D eigenvalue weighted by Gasteiger charge is -2.48. The third kappa shape index (κ3) is 7.55. The Morgan fingerprint density at radius 1 is 0.859 bits per heavy atom. The van der Waals surface area contributed by atoms with Crippen molar-refractivity contribution < 1.29 is 27.8 Å². The van der Waals surface area contributed by atoms with Crippen molar-refractivity contribution in [3.05, 3.63) is 146 Å². The van der Waals surface area contributed by atoms with E-state index in [-0.39, 0.29) is 28.3 Å². The maximum atomic E-state index is 15.3. The van der Waals surface area contributed by atoms with Crippen LogP contribution in [0.3, 0.4) is 0 Å². The third-order valence-electron chi connectivity index (χ3n) is 13.8. The van der Waals surface area contributed by atoms with Crippen molar-refractivity contribution in [3.8, 4) is 22.2 Å². The average molecular weight is 885 g/mol. The van der Waals surface area contributed by atoms with E-state index in [2.05, 4.69) is 69.6 Å². The number of aliphatic imine (C=N–C) groups is 1. The van der Waals surface area contributed by atoms with Crippen LogP contribution in [0, 0.1) is 43.6 Å². The molecule has 0 radical (unpaired) electrons. The number of aromatic nitrogens is 3. The number of anilines is 1. The van der Waals surface area contributed by atoms with Crippen molar-refractivity contribution in [2.45, 2.75) is 72.4 Å². The molecule has 1 N–H and O–H groups in total. The number of ether oxygens (including phenoxy) is 2. The fourth-order valence-electron chi connectivity index (χ4n) is 10.3. The zero-order valence-corrected chi connectivity index (χ0v) is 37.5. The minimum Gasteiger partial charge on any atom is -0.508 e. The summed E-state index contributed by atoms with van der Waals surface area (Å²) in [5, 5.41) is 20.2. The highest BCUT2D eigenvalue weighted by molar-refractivity contribution is 7.15. The second kappa shape index (κ2) is 16.6. The molecule has 2 fully saturated rings. The first-order valence-corrected chi connectivity index (χ1v) is 22.9. The molecule has 2 saturated heterocycles. The van der Waals surface area contributed by atoms with Crippen LogP contribution in [0.25, 0.3) is 16.1 Å². The van der Waals surface area contributed by atoms with E-state index in [1.165, 1.54) is 40.2 Å². The normalized spacial score (nSPS) is 19.4. The van der Waals surface area contributed by atoms with Gasteiger partial charge in [-0.25, -0.2) is 13.2 Å². The van der Waals surface area contributed by atoms with Crippen LogP contribution in [0.2, 0.25) is 0 Å². The molecule has 0 bridgehead atoms. The van der Waals surface area contributed by atoms with Crippen molar-refractivity contribution in [3.63, 3.8) is 0 Å². The molecule has 330 valence electrons. The van der Waals surface area contributed by atoms with Crippen LogP contribution in [0.15, 0.2) is 83.9 Å². The van der Waals surface area contributed by atoms with Gasteiger partial charge in [0.05, 0.1) is 11.3 Å². The molecule has 0 amide bonds. The van der Waals surface area contributed by atoms with Crippen molar-refractivity contribution in [1.82, 2.24) is 19.7 Å². The van der Waals surface area contributed by atoms with Gasteiger partial charge in [-0.1, -0.05) is 24.3 Å². The molecular formula is C51H51F3N6O3S. The summed E-state index contributed by atoms with van der Waals surface area (Å²) < 4.78 is 59.3. The number of aromatic hydroxyl groups is 1. The van der Waals surface area contributed by atoms with E-state index in [9.17, 15) is 9.50 Å². The summed E-state index contributed by atoms with van der Waals surface area (Å²) >= 11 is 1.78. The Balaban J connectivity index is 0.767. The number of fused-ring (bicyclic) bond motifs is 4. The third-order valence-corrected chi connectivity index (χ3v) is 15.0. The van der Waals surface area contributed by atoms with Gasteiger partial charge in [-0.3, -0.25) is 14.5 Å².